The van der Waals surface area contributed by atoms with Gasteiger partial charge in [0.2, 0.25) is 0 Å². The number of rotatable bonds is 1. The molecule has 0 saturated carbocycles. The van der Waals surface area contributed by atoms with E-state index in [1.807, 2.05) is 4.08 Å². The average Bonchev–Trinajstić information content (AvgIpc) is 1.88. The summed E-state index contributed by atoms with van der Waals surface area (Å²) in [7, 11) is 0. The molecule has 0 amide bonds. The van der Waals surface area contributed by atoms with Crippen molar-refractivity contribution >= 4 is 47.4 Å². The van der Waals surface area contributed by atoms with Gasteiger partial charge in [-0.3, -0.25) is 4.21 Å². The smallest absolute Gasteiger partial charge is 0.0612 e. The van der Waals surface area contributed by atoms with Gasteiger partial charge < -0.3 is 4.55 Å². The fourth-order valence-electron chi connectivity index (χ4n) is 0.454. The van der Waals surface area contributed by atoms with Crippen LogP contribution in [0.5, 0.6) is 0 Å². The average molecular weight is 290 g/mol. The zero-order chi connectivity index (χ0) is 7.56. The van der Waals surface area contributed by atoms with Crippen molar-refractivity contribution in [1.82, 2.24) is 0 Å². The molecule has 1 unspecified atom stereocenters. The Bertz CT molecular complexity index is 256. The summed E-state index contributed by atoms with van der Waals surface area (Å²) >= 11 is 3.25. The van der Waals surface area contributed by atoms with E-state index in [1.165, 1.54) is 0 Å². The Labute approximate surface area is 76.0 Å². The van der Waals surface area contributed by atoms with Crippen molar-refractivity contribution in [3.63, 3.8) is 0 Å². The van der Waals surface area contributed by atoms with E-state index in [-0.39, 0.29) is 25.6 Å². The molecule has 56 valence electrons. The molecule has 0 spiro atoms. The minimum Gasteiger partial charge on any atom is -0.768 e. The van der Waals surface area contributed by atoms with Crippen molar-refractivity contribution in [3.05, 3.63) is 20.1 Å². The maximum atomic E-state index is 10.4. The first kappa shape index (κ1) is 8.58. The lowest BCUT2D eigenvalue weighted by Gasteiger charge is -2.08. The topological polar surface area (TPSA) is 40.1 Å². The molecule has 10 heavy (non-hydrogen) atoms. The molecular weight excluding hydrogens is 286 g/mol. The molecule has 0 bridgehead atoms. The monoisotopic (exact) mass is 289 g/mol. The predicted octanol–water partition coefficient (Wildman–Crippen LogP) is 1.62. The van der Waals surface area contributed by atoms with E-state index >= 15 is 0 Å². The summed E-state index contributed by atoms with van der Waals surface area (Å²) in [6.07, 6.45) is 1.55. The lowest BCUT2D eigenvalue weighted by molar-refractivity contribution is 0.544. The highest BCUT2D eigenvalue weighted by molar-refractivity contribution is 14.2. The highest BCUT2D eigenvalue weighted by Crippen LogP contribution is 2.20. The lowest BCUT2D eigenvalue weighted by atomic mass is 10.5. The Balaban J connectivity index is 3.04. The first-order valence-electron chi connectivity index (χ1n) is 2.32. The van der Waals surface area contributed by atoms with Crippen LogP contribution >= 0.6 is 32.3 Å². The molecule has 1 heterocycles. The molecular formula is C5H3ClIO2S-. The molecule has 0 saturated heterocycles. The van der Waals surface area contributed by atoms with Crippen LogP contribution in [0.25, 0.3) is 0 Å². The van der Waals surface area contributed by atoms with Gasteiger partial charge in [0.15, 0.2) is 0 Å². The van der Waals surface area contributed by atoms with Gasteiger partial charge in [0.25, 0.3) is 0 Å². The number of hydrogen-bond donors (Lipinski definition) is 0. The Hall–Kier alpha value is 0.480. The quantitative estimate of drug-likeness (QED) is 0.543. The molecule has 1 rings (SSSR count). The Morgan fingerprint density at radius 2 is 2.40 bits per heavy atom. The van der Waals surface area contributed by atoms with Gasteiger partial charge in [-0.15, -0.1) is 0 Å². The largest absolute Gasteiger partial charge is 0.768 e. The molecule has 2 nitrogen and oxygen atoms in total. The number of allylic oxidation sites excluding steroid dienone is 2. The Morgan fingerprint density at radius 3 is 2.80 bits per heavy atom. The van der Waals surface area contributed by atoms with Crippen molar-refractivity contribution in [2.24, 2.45) is 0 Å². The highest BCUT2D eigenvalue weighted by atomic mass is 127. The molecule has 1 aliphatic rings. The summed E-state index contributed by atoms with van der Waals surface area (Å²) in [5, 5.41) is 0.364. The van der Waals surface area contributed by atoms with Gasteiger partial charge in [-0.05, 0) is 25.3 Å². The summed E-state index contributed by atoms with van der Waals surface area (Å²) in [6, 6.07) is 0. The summed E-state index contributed by atoms with van der Waals surface area (Å²) in [4.78, 5) is 0.201. The van der Waals surface area contributed by atoms with E-state index in [4.69, 9.17) is 11.6 Å². The van der Waals surface area contributed by atoms with Crippen molar-refractivity contribution in [1.29, 1.82) is 0 Å². The van der Waals surface area contributed by atoms with Crippen LogP contribution in [-0.4, -0.2) is 12.8 Å². The highest BCUT2D eigenvalue weighted by Gasteiger charge is 2.00. The number of halogens is 2. The Morgan fingerprint density at radius 1 is 1.70 bits per heavy atom. The van der Waals surface area contributed by atoms with Gasteiger partial charge in [-0.1, -0.05) is 32.3 Å². The molecule has 0 aromatic carbocycles. The minimum absolute atomic E-state index is 0.147. The van der Waals surface area contributed by atoms with E-state index in [0.29, 0.717) is 5.03 Å². The summed E-state index contributed by atoms with van der Waals surface area (Å²) in [6.45, 7) is 0. The van der Waals surface area contributed by atoms with E-state index in [0.717, 1.165) is 0 Å². The van der Waals surface area contributed by atoms with Crippen molar-refractivity contribution < 1.29 is 8.76 Å². The van der Waals surface area contributed by atoms with Gasteiger partial charge in [0, 0.05) is 4.91 Å². The van der Waals surface area contributed by atoms with Crippen LogP contribution < -0.4 is 0 Å². The van der Waals surface area contributed by atoms with Crippen molar-refractivity contribution in [3.8, 4) is 0 Å². The van der Waals surface area contributed by atoms with Gasteiger partial charge in [0.05, 0.1) is 5.03 Å². The first-order valence-corrected chi connectivity index (χ1v) is 6.27. The molecule has 0 aromatic rings. The van der Waals surface area contributed by atoms with Crippen LogP contribution in [-0.2, 0) is 11.1 Å². The second-order valence-electron chi connectivity index (χ2n) is 1.47. The van der Waals surface area contributed by atoms with E-state index in [1.54, 1.807) is 10.1 Å². The fourth-order valence-corrected chi connectivity index (χ4v) is 3.30. The van der Waals surface area contributed by atoms with Crippen LogP contribution in [0.4, 0.5) is 0 Å². The van der Waals surface area contributed by atoms with Crippen LogP contribution in [0, 0.1) is 0 Å². The normalized spacial score (nSPS) is 20.6. The Kier molecular flexibility index (Phi) is 3.22. The maximum absolute atomic E-state index is 10.4. The van der Waals surface area contributed by atoms with Crippen molar-refractivity contribution in [2.75, 3.05) is 0 Å². The van der Waals surface area contributed by atoms with Crippen LogP contribution in [0.15, 0.2) is 20.1 Å². The second-order valence-corrected chi connectivity index (χ2v) is 4.85. The molecule has 5 heteroatoms. The van der Waals surface area contributed by atoms with E-state index in [2.05, 4.69) is 0 Å². The summed E-state index contributed by atoms with van der Waals surface area (Å²) < 4.78 is 24.4. The molecule has 0 fully saturated rings. The standard InChI is InChI=1S/C5H4ClIO2S/c6-4-3-7-2-1-5(4)10(8)9/h1-3H,(H,8,9)/p-1. The fraction of sp³-hybridized carbons (Fsp3) is 0. The number of hydrogen-bond acceptors (Lipinski definition) is 2. The maximum Gasteiger partial charge on any atom is 0.0612 e. The predicted molar refractivity (Wildman–Crippen MR) is 51.0 cm³/mol. The zero-order valence-electron chi connectivity index (χ0n) is 4.71. The third-order valence-electron chi connectivity index (χ3n) is 0.861. The van der Waals surface area contributed by atoms with Gasteiger partial charge >= 0.3 is 0 Å². The summed E-state index contributed by atoms with van der Waals surface area (Å²) in [5.41, 5.74) is 0. The van der Waals surface area contributed by atoms with Gasteiger partial charge in [-0.25, -0.2) is 0 Å². The molecule has 0 aromatic heterocycles. The molecule has 1 aliphatic heterocycles. The van der Waals surface area contributed by atoms with Crippen LogP contribution in [0.3, 0.4) is 0 Å². The van der Waals surface area contributed by atoms with Crippen LogP contribution in [0.1, 0.15) is 0 Å². The second kappa shape index (κ2) is 3.75. The van der Waals surface area contributed by atoms with E-state index < -0.39 is 11.1 Å². The van der Waals surface area contributed by atoms with Gasteiger partial charge in [-0.2, -0.15) is 0 Å². The zero-order valence-corrected chi connectivity index (χ0v) is 8.44. The molecule has 1 atom stereocenters. The third-order valence-corrected chi connectivity index (χ3v) is 4.13. The lowest BCUT2D eigenvalue weighted by Crippen LogP contribution is -1.94. The molecule has 0 aliphatic carbocycles. The summed E-state index contributed by atoms with van der Waals surface area (Å²) in [5.74, 6) is 0. The van der Waals surface area contributed by atoms with Crippen LogP contribution in [0.2, 0.25) is 0 Å². The van der Waals surface area contributed by atoms with Crippen molar-refractivity contribution in [2.45, 2.75) is 0 Å². The minimum atomic E-state index is -2.18. The third kappa shape index (κ3) is 1.98. The molecule has 0 N–H and O–H groups in total. The first-order chi connectivity index (χ1) is 4.72. The molecule has 0 radical (unpaired) electrons. The SMILES string of the molecule is O=S([O-])C1=C(Cl)C=IC=C1. The van der Waals surface area contributed by atoms with Gasteiger partial charge in [0.1, 0.15) is 0 Å². The van der Waals surface area contributed by atoms with E-state index in [9.17, 15) is 8.76 Å².